The molecule has 0 bridgehead atoms. The summed E-state index contributed by atoms with van der Waals surface area (Å²) in [5.74, 6) is 0.324. The number of carbonyl (C=O) groups is 1. The molecule has 5 rings (SSSR count). The first-order chi connectivity index (χ1) is 16.1. The minimum Gasteiger partial charge on any atom is -0.437 e. The Morgan fingerprint density at radius 1 is 0.879 bits per heavy atom. The van der Waals surface area contributed by atoms with Crippen molar-refractivity contribution < 1.29 is 14.1 Å². The summed E-state index contributed by atoms with van der Waals surface area (Å²) in [5.41, 5.74) is 2.75. The molecular formula is C25H16N4O4. The lowest BCUT2D eigenvalue weighted by Gasteiger charge is -2.08. The first kappa shape index (κ1) is 20.1. The van der Waals surface area contributed by atoms with Crippen LogP contribution in [0.15, 0.2) is 95.7 Å². The zero-order valence-corrected chi connectivity index (χ0v) is 17.1. The molecule has 8 nitrogen and oxygen atoms in total. The number of hydrogen-bond donors (Lipinski definition) is 1. The molecule has 0 aliphatic heterocycles. The molecule has 0 aliphatic carbocycles. The van der Waals surface area contributed by atoms with E-state index in [0.29, 0.717) is 16.9 Å². The summed E-state index contributed by atoms with van der Waals surface area (Å²) < 4.78 is 6.13. The highest BCUT2D eigenvalue weighted by molar-refractivity contribution is 6.12. The molecule has 0 fully saturated rings. The lowest BCUT2D eigenvalue weighted by molar-refractivity contribution is -0.384. The Labute approximate surface area is 187 Å². The van der Waals surface area contributed by atoms with Crippen molar-refractivity contribution in [3.8, 4) is 22.5 Å². The summed E-state index contributed by atoms with van der Waals surface area (Å²) >= 11 is 0. The van der Waals surface area contributed by atoms with Crippen molar-refractivity contribution in [3.63, 3.8) is 0 Å². The predicted molar refractivity (Wildman–Crippen MR) is 124 cm³/mol. The number of nitrogens with zero attached hydrogens (tertiary/aromatic N) is 3. The van der Waals surface area contributed by atoms with E-state index in [1.807, 2.05) is 60.7 Å². The molecule has 0 saturated heterocycles. The molecule has 5 aromatic rings. The van der Waals surface area contributed by atoms with Crippen LogP contribution < -0.4 is 5.32 Å². The summed E-state index contributed by atoms with van der Waals surface area (Å²) in [7, 11) is 0. The predicted octanol–water partition coefficient (Wildman–Crippen LogP) is 5.72. The fourth-order valence-electron chi connectivity index (χ4n) is 3.64. The number of rotatable bonds is 5. The molecule has 33 heavy (non-hydrogen) atoms. The molecule has 0 unspecified atom stereocenters. The first-order valence-corrected chi connectivity index (χ1v) is 10.1. The lowest BCUT2D eigenvalue weighted by Crippen LogP contribution is -2.13. The molecule has 1 amide bonds. The highest BCUT2D eigenvalue weighted by atomic mass is 16.6. The number of nitro groups is 1. The van der Waals surface area contributed by atoms with E-state index in [4.69, 9.17) is 4.42 Å². The van der Waals surface area contributed by atoms with Gasteiger partial charge in [0.1, 0.15) is 17.9 Å². The molecule has 0 atom stereocenters. The van der Waals surface area contributed by atoms with Crippen LogP contribution in [0.2, 0.25) is 0 Å². The van der Waals surface area contributed by atoms with E-state index in [1.54, 1.807) is 0 Å². The monoisotopic (exact) mass is 436 g/mol. The average molecular weight is 436 g/mol. The second-order valence-corrected chi connectivity index (χ2v) is 7.20. The van der Waals surface area contributed by atoms with Gasteiger partial charge in [-0.15, -0.1) is 0 Å². The van der Waals surface area contributed by atoms with Crippen LogP contribution in [0.4, 0.5) is 11.5 Å². The number of carbonyl (C=O) groups excluding carboxylic acids is 1. The molecule has 1 N–H and O–H groups in total. The van der Waals surface area contributed by atoms with Gasteiger partial charge in [0.25, 0.3) is 11.6 Å². The van der Waals surface area contributed by atoms with E-state index >= 15 is 0 Å². The topological polar surface area (TPSA) is 111 Å². The summed E-state index contributed by atoms with van der Waals surface area (Å²) in [5, 5.41) is 14.4. The van der Waals surface area contributed by atoms with Gasteiger partial charge < -0.3 is 9.73 Å². The Morgan fingerprint density at radius 2 is 1.58 bits per heavy atom. The molecule has 8 heteroatoms. The van der Waals surface area contributed by atoms with E-state index in [1.165, 1.54) is 30.6 Å². The molecule has 2 aromatic heterocycles. The number of non-ortho nitro benzene ring substituents is 1. The maximum absolute atomic E-state index is 12.9. The van der Waals surface area contributed by atoms with Crippen LogP contribution in [0.25, 0.3) is 33.6 Å². The van der Waals surface area contributed by atoms with Gasteiger partial charge in [-0.2, -0.15) is 0 Å². The van der Waals surface area contributed by atoms with Gasteiger partial charge in [-0.3, -0.25) is 14.9 Å². The SMILES string of the molecule is O=C(Nc1ncnc2oc(-c3ccccc3)c(-c3ccccc3)c12)c1cccc([N+](=O)[O-])c1. The third-order valence-electron chi connectivity index (χ3n) is 5.14. The Hall–Kier alpha value is -4.85. The zero-order chi connectivity index (χ0) is 22.8. The van der Waals surface area contributed by atoms with Crippen LogP contribution in [0, 0.1) is 10.1 Å². The minimum absolute atomic E-state index is 0.143. The van der Waals surface area contributed by atoms with Gasteiger partial charge >= 0.3 is 0 Å². The second kappa shape index (κ2) is 8.35. The normalized spacial score (nSPS) is 10.8. The lowest BCUT2D eigenvalue weighted by atomic mass is 9.99. The van der Waals surface area contributed by atoms with Crippen molar-refractivity contribution >= 4 is 28.5 Å². The summed E-state index contributed by atoms with van der Waals surface area (Å²) in [4.78, 5) is 32.0. The number of amides is 1. The zero-order valence-electron chi connectivity index (χ0n) is 17.1. The number of anilines is 1. The standard InChI is InChI=1S/C25H16N4O4/c30-24(18-12-7-13-19(14-18)29(31)32)28-23-21-20(16-8-3-1-4-9-16)22(17-10-5-2-6-11-17)33-25(21)27-15-26-23/h1-15H,(H,26,27,28,30). The third kappa shape index (κ3) is 3.81. The van der Waals surface area contributed by atoms with E-state index in [0.717, 1.165) is 16.7 Å². The number of hydrogen-bond acceptors (Lipinski definition) is 6. The van der Waals surface area contributed by atoms with Gasteiger partial charge in [0.2, 0.25) is 5.71 Å². The maximum Gasteiger partial charge on any atom is 0.270 e. The fraction of sp³-hybridized carbons (Fsp3) is 0. The van der Waals surface area contributed by atoms with Gasteiger partial charge in [-0.25, -0.2) is 9.97 Å². The smallest absolute Gasteiger partial charge is 0.270 e. The fourth-order valence-corrected chi connectivity index (χ4v) is 3.64. The summed E-state index contributed by atoms with van der Waals surface area (Å²) in [6.45, 7) is 0. The summed E-state index contributed by atoms with van der Waals surface area (Å²) in [6.07, 6.45) is 1.30. The maximum atomic E-state index is 12.9. The Bertz CT molecular complexity index is 1480. The molecule has 0 saturated carbocycles. The largest absolute Gasteiger partial charge is 0.437 e. The van der Waals surface area contributed by atoms with Crippen LogP contribution in [0.3, 0.4) is 0 Å². The van der Waals surface area contributed by atoms with E-state index in [2.05, 4.69) is 15.3 Å². The Kier molecular flexibility index (Phi) is 5.08. The molecule has 0 spiro atoms. The van der Waals surface area contributed by atoms with Gasteiger partial charge in [0.15, 0.2) is 0 Å². The highest BCUT2D eigenvalue weighted by Crippen LogP contribution is 2.42. The van der Waals surface area contributed by atoms with E-state index < -0.39 is 10.8 Å². The molecule has 0 aliphatic rings. The quantitative estimate of drug-likeness (QED) is 0.279. The second-order valence-electron chi connectivity index (χ2n) is 7.20. The molecule has 2 heterocycles. The number of fused-ring (bicyclic) bond motifs is 1. The summed E-state index contributed by atoms with van der Waals surface area (Å²) in [6, 6.07) is 24.7. The Balaban J connectivity index is 1.67. The number of benzene rings is 3. The van der Waals surface area contributed by atoms with Crippen molar-refractivity contribution in [2.45, 2.75) is 0 Å². The minimum atomic E-state index is -0.546. The van der Waals surface area contributed by atoms with Crippen LogP contribution in [0.1, 0.15) is 10.4 Å². The van der Waals surface area contributed by atoms with Crippen molar-refractivity contribution in [3.05, 3.63) is 107 Å². The number of nitrogens with one attached hydrogen (secondary N) is 1. The molecular weight excluding hydrogens is 420 g/mol. The number of aromatic nitrogens is 2. The van der Waals surface area contributed by atoms with Gasteiger partial charge in [0, 0.05) is 28.8 Å². The Morgan fingerprint density at radius 3 is 2.27 bits per heavy atom. The van der Waals surface area contributed by atoms with Crippen molar-refractivity contribution in [2.24, 2.45) is 0 Å². The first-order valence-electron chi connectivity index (χ1n) is 10.1. The molecule has 160 valence electrons. The van der Waals surface area contributed by atoms with Crippen molar-refractivity contribution in [2.75, 3.05) is 5.32 Å². The van der Waals surface area contributed by atoms with E-state index in [9.17, 15) is 14.9 Å². The van der Waals surface area contributed by atoms with Gasteiger partial charge in [-0.05, 0) is 11.6 Å². The molecule has 3 aromatic carbocycles. The van der Waals surface area contributed by atoms with Crippen LogP contribution in [-0.4, -0.2) is 20.8 Å². The number of furan rings is 1. The van der Waals surface area contributed by atoms with Crippen molar-refractivity contribution in [1.82, 2.24) is 9.97 Å². The van der Waals surface area contributed by atoms with Crippen molar-refractivity contribution in [1.29, 1.82) is 0 Å². The number of nitro benzene ring substituents is 1. The van der Waals surface area contributed by atoms with Gasteiger partial charge in [-0.1, -0.05) is 66.7 Å². The van der Waals surface area contributed by atoms with Crippen LogP contribution in [0.5, 0.6) is 0 Å². The van der Waals surface area contributed by atoms with Crippen LogP contribution >= 0.6 is 0 Å². The highest BCUT2D eigenvalue weighted by Gasteiger charge is 2.23. The van der Waals surface area contributed by atoms with Gasteiger partial charge in [0.05, 0.1) is 10.3 Å². The van der Waals surface area contributed by atoms with Crippen LogP contribution in [-0.2, 0) is 0 Å². The average Bonchev–Trinajstić information content (AvgIpc) is 3.26. The molecule has 0 radical (unpaired) electrons. The van der Waals surface area contributed by atoms with E-state index in [-0.39, 0.29) is 17.1 Å². The third-order valence-corrected chi connectivity index (χ3v) is 5.14.